The molecule has 0 atom stereocenters. The number of carbonyl (C=O) groups excluding carboxylic acids is 1. The van der Waals surface area contributed by atoms with Gasteiger partial charge in [-0.05, 0) is 35.0 Å². The quantitative estimate of drug-likeness (QED) is 0.720. The maximum Gasteiger partial charge on any atom is 0.260 e. The molecule has 0 radical (unpaired) electrons. The van der Waals surface area contributed by atoms with Gasteiger partial charge in [0.15, 0.2) is 6.61 Å². The van der Waals surface area contributed by atoms with Crippen molar-refractivity contribution in [3.05, 3.63) is 77.3 Å². The smallest absolute Gasteiger partial charge is 0.260 e. The van der Waals surface area contributed by atoms with Crippen molar-refractivity contribution >= 4 is 28.3 Å². The largest absolute Gasteiger partial charge is 0.484 e. The molecule has 1 heterocycles. The van der Waals surface area contributed by atoms with E-state index in [0.717, 1.165) is 48.9 Å². The number of hydrogen-bond acceptors (Lipinski definition) is 2. The lowest BCUT2D eigenvalue weighted by molar-refractivity contribution is -0.917. The van der Waals surface area contributed by atoms with Crippen LogP contribution in [0.5, 0.6) is 5.75 Å². The van der Waals surface area contributed by atoms with Gasteiger partial charge in [-0.25, -0.2) is 0 Å². The first-order chi connectivity index (χ1) is 13.7. The van der Waals surface area contributed by atoms with Crippen molar-refractivity contribution in [1.29, 1.82) is 0 Å². The predicted octanol–water partition coefficient (Wildman–Crippen LogP) is 2.80. The molecule has 28 heavy (non-hydrogen) atoms. The SMILES string of the molecule is O=C(COc1ccc2ccccc2c1)N1CC[NH+](Cc2ccc(Cl)cc2)CC1. The van der Waals surface area contributed by atoms with Gasteiger partial charge in [-0.1, -0.05) is 54.1 Å². The molecule has 0 unspecified atom stereocenters. The Morgan fingerprint density at radius 3 is 2.43 bits per heavy atom. The zero-order chi connectivity index (χ0) is 19.3. The van der Waals surface area contributed by atoms with Gasteiger partial charge in [-0.2, -0.15) is 0 Å². The van der Waals surface area contributed by atoms with Crippen molar-refractivity contribution in [2.45, 2.75) is 6.54 Å². The second-order valence-corrected chi connectivity index (χ2v) is 7.67. The molecule has 0 spiro atoms. The first kappa shape index (κ1) is 18.8. The highest BCUT2D eigenvalue weighted by molar-refractivity contribution is 6.30. The molecule has 1 amide bonds. The molecule has 0 aliphatic carbocycles. The van der Waals surface area contributed by atoms with Gasteiger partial charge in [0.05, 0.1) is 26.2 Å². The lowest BCUT2D eigenvalue weighted by Gasteiger charge is -2.32. The van der Waals surface area contributed by atoms with E-state index in [0.29, 0.717) is 0 Å². The van der Waals surface area contributed by atoms with E-state index < -0.39 is 0 Å². The molecule has 1 N–H and O–H groups in total. The molecule has 1 fully saturated rings. The number of piperazine rings is 1. The minimum atomic E-state index is 0.0544. The molecule has 1 aliphatic rings. The number of carbonyl (C=O) groups is 1. The van der Waals surface area contributed by atoms with Gasteiger partial charge in [0.2, 0.25) is 0 Å². The van der Waals surface area contributed by atoms with Crippen LogP contribution >= 0.6 is 11.6 Å². The van der Waals surface area contributed by atoms with Crippen LogP contribution in [0.4, 0.5) is 0 Å². The molecule has 4 rings (SSSR count). The van der Waals surface area contributed by atoms with E-state index in [4.69, 9.17) is 16.3 Å². The van der Waals surface area contributed by atoms with E-state index >= 15 is 0 Å². The van der Waals surface area contributed by atoms with Crippen molar-refractivity contribution in [3.8, 4) is 5.75 Å². The van der Waals surface area contributed by atoms with Gasteiger partial charge in [-0.3, -0.25) is 4.79 Å². The van der Waals surface area contributed by atoms with Crippen molar-refractivity contribution in [1.82, 2.24) is 4.90 Å². The second kappa shape index (κ2) is 8.63. The number of halogens is 1. The number of nitrogens with one attached hydrogen (secondary N) is 1. The highest BCUT2D eigenvalue weighted by Crippen LogP contribution is 2.20. The lowest BCUT2D eigenvalue weighted by Crippen LogP contribution is -3.13. The summed E-state index contributed by atoms with van der Waals surface area (Å²) in [5.74, 6) is 0.790. The van der Waals surface area contributed by atoms with Crippen LogP contribution < -0.4 is 9.64 Å². The number of nitrogens with zero attached hydrogens (tertiary/aromatic N) is 1. The molecular formula is C23H24ClN2O2+. The molecule has 0 aromatic heterocycles. The van der Waals surface area contributed by atoms with E-state index in [1.165, 1.54) is 15.8 Å². The summed E-state index contributed by atoms with van der Waals surface area (Å²) in [4.78, 5) is 15.9. The van der Waals surface area contributed by atoms with Crippen molar-refractivity contribution in [2.75, 3.05) is 32.8 Å². The molecule has 5 heteroatoms. The van der Waals surface area contributed by atoms with E-state index in [1.54, 1.807) is 0 Å². The van der Waals surface area contributed by atoms with E-state index in [1.807, 2.05) is 53.4 Å². The Kier molecular flexibility index (Phi) is 5.79. The van der Waals surface area contributed by atoms with Gasteiger partial charge >= 0.3 is 0 Å². The summed E-state index contributed by atoms with van der Waals surface area (Å²) in [6.07, 6.45) is 0. The van der Waals surface area contributed by atoms with Crippen molar-refractivity contribution in [2.24, 2.45) is 0 Å². The molecule has 4 nitrogen and oxygen atoms in total. The fraction of sp³-hybridized carbons (Fsp3) is 0.261. The van der Waals surface area contributed by atoms with Gasteiger partial charge in [0.25, 0.3) is 5.91 Å². The summed E-state index contributed by atoms with van der Waals surface area (Å²) in [5.41, 5.74) is 1.28. The Bertz CT molecular complexity index is 950. The van der Waals surface area contributed by atoms with Gasteiger partial charge < -0.3 is 14.5 Å². The standard InChI is InChI=1S/C23H23ClN2O2/c24-21-8-5-18(6-9-21)16-25-11-13-26(14-12-25)23(27)17-28-22-10-7-19-3-1-2-4-20(19)15-22/h1-10,15H,11-14,16-17H2/p+1. The fourth-order valence-corrected chi connectivity index (χ4v) is 3.76. The average Bonchev–Trinajstić information content (AvgIpc) is 2.74. The number of benzene rings is 3. The lowest BCUT2D eigenvalue weighted by atomic mass is 10.1. The van der Waals surface area contributed by atoms with E-state index in [2.05, 4.69) is 18.2 Å². The minimum absolute atomic E-state index is 0.0544. The Morgan fingerprint density at radius 2 is 1.68 bits per heavy atom. The first-order valence-electron chi connectivity index (χ1n) is 9.65. The maximum atomic E-state index is 12.5. The topological polar surface area (TPSA) is 34.0 Å². The van der Waals surface area contributed by atoms with Crippen LogP contribution in [-0.4, -0.2) is 43.6 Å². The maximum absolute atomic E-state index is 12.5. The molecule has 1 saturated heterocycles. The third-order valence-corrected chi connectivity index (χ3v) is 5.53. The molecule has 0 saturated carbocycles. The molecule has 3 aromatic rings. The van der Waals surface area contributed by atoms with Crippen LogP contribution in [0.15, 0.2) is 66.7 Å². The van der Waals surface area contributed by atoms with Crippen molar-refractivity contribution in [3.63, 3.8) is 0 Å². The summed E-state index contributed by atoms with van der Waals surface area (Å²) >= 11 is 5.95. The summed E-state index contributed by atoms with van der Waals surface area (Å²) in [6, 6.07) is 22.1. The second-order valence-electron chi connectivity index (χ2n) is 7.23. The molecule has 3 aromatic carbocycles. The summed E-state index contributed by atoms with van der Waals surface area (Å²) in [6.45, 7) is 4.48. The molecule has 1 aliphatic heterocycles. The zero-order valence-electron chi connectivity index (χ0n) is 15.7. The van der Waals surface area contributed by atoms with Crippen LogP contribution in [0.25, 0.3) is 10.8 Å². The van der Waals surface area contributed by atoms with Crippen LogP contribution in [-0.2, 0) is 11.3 Å². The van der Waals surface area contributed by atoms with Crippen LogP contribution in [0, 0.1) is 0 Å². The van der Waals surface area contributed by atoms with Crippen LogP contribution in [0.3, 0.4) is 0 Å². The Labute approximate surface area is 170 Å². The number of rotatable bonds is 5. The third kappa shape index (κ3) is 4.64. The van der Waals surface area contributed by atoms with Crippen LogP contribution in [0.2, 0.25) is 5.02 Å². The number of fused-ring (bicyclic) bond motifs is 1. The molecular weight excluding hydrogens is 372 g/mol. The van der Waals surface area contributed by atoms with Gasteiger partial charge in [0, 0.05) is 10.6 Å². The van der Waals surface area contributed by atoms with E-state index in [9.17, 15) is 4.79 Å². The van der Waals surface area contributed by atoms with Gasteiger partial charge in [0.1, 0.15) is 12.3 Å². The summed E-state index contributed by atoms with van der Waals surface area (Å²) in [7, 11) is 0. The number of quaternary nitrogens is 1. The van der Waals surface area contributed by atoms with Crippen LogP contribution in [0.1, 0.15) is 5.56 Å². The number of amides is 1. The summed E-state index contributed by atoms with van der Waals surface area (Å²) in [5, 5.41) is 3.05. The van der Waals surface area contributed by atoms with E-state index in [-0.39, 0.29) is 12.5 Å². The predicted molar refractivity (Wildman–Crippen MR) is 112 cm³/mol. The van der Waals surface area contributed by atoms with Gasteiger partial charge in [-0.15, -0.1) is 0 Å². The highest BCUT2D eigenvalue weighted by Gasteiger charge is 2.24. The molecule has 144 valence electrons. The highest BCUT2D eigenvalue weighted by atomic mass is 35.5. The third-order valence-electron chi connectivity index (χ3n) is 5.27. The average molecular weight is 396 g/mol. The number of hydrogen-bond donors (Lipinski definition) is 1. The normalized spacial score (nSPS) is 15.0. The first-order valence-corrected chi connectivity index (χ1v) is 10.0. The Morgan fingerprint density at radius 1 is 0.964 bits per heavy atom. The van der Waals surface area contributed by atoms with Crippen molar-refractivity contribution < 1.29 is 14.4 Å². The Hall–Kier alpha value is -2.56. The molecule has 0 bridgehead atoms. The minimum Gasteiger partial charge on any atom is -0.484 e. The number of ether oxygens (including phenoxy) is 1. The summed E-state index contributed by atoms with van der Waals surface area (Å²) < 4.78 is 5.75. The monoisotopic (exact) mass is 395 g/mol. The fourth-order valence-electron chi connectivity index (χ4n) is 3.63. The Balaban J connectivity index is 1.26. The zero-order valence-corrected chi connectivity index (χ0v) is 16.5.